The van der Waals surface area contributed by atoms with Crippen molar-refractivity contribution in [1.29, 1.82) is 0 Å². The lowest BCUT2D eigenvalue weighted by atomic mass is 10.2. The zero-order chi connectivity index (χ0) is 15.9. The van der Waals surface area contributed by atoms with Crippen LogP contribution in [0, 0.1) is 13.8 Å². The first-order valence-corrected chi connectivity index (χ1v) is 7.19. The second kappa shape index (κ2) is 5.25. The molecule has 3 aromatic heterocycles. The highest BCUT2D eigenvalue weighted by Gasteiger charge is 2.15. The molecular formula is C15H17N5O2. The summed E-state index contributed by atoms with van der Waals surface area (Å²) in [5, 5.41) is 3.00. The maximum absolute atomic E-state index is 12.5. The van der Waals surface area contributed by atoms with Crippen LogP contribution >= 0.6 is 0 Å². The Bertz CT molecular complexity index is 944. The van der Waals surface area contributed by atoms with Crippen molar-refractivity contribution in [3.05, 3.63) is 49.8 Å². The number of nitrogens with zero attached hydrogens (tertiary/aromatic N) is 3. The first-order valence-electron chi connectivity index (χ1n) is 7.19. The molecule has 3 rings (SSSR count). The van der Waals surface area contributed by atoms with Crippen LogP contribution in [-0.2, 0) is 6.42 Å². The molecule has 3 heterocycles. The van der Waals surface area contributed by atoms with Gasteiger partial charge in [0.25, 0.3) is 11.5 Å². The predicted octanol–water partition coefficient (Wildman–Crippen LogP) is 1.37. The quantitative estimate of drug-likeness (QED) is 0.763. The number of hydrogen-bond acceptors (Lipinski definition) is 4. The van der Waals surface area contributed by atoms with Gasteiger partial charge < -0.3 is 4.98 Å². The van der Waals surface area contributed by atoms with Crippen LogP contribution in [0.15, 0.2) is 21.7 Å². The first kappa shape index (κ1) is 14.2. The van der Waals surface area contributed by atoms with Crippen LogP contribution < -0.4 is 11.0 Å². The molecule has 0 radical (unpaired) electrons. The van der Waals surface area contributed by atoms with Crippen LogP contribution in [0.25, 0.3) is 17.0 Å². The van der Waals surface area contributed by atoms with E-state index >= 15 is 0 Å². The van der Waals surface area contributed by atoms with Crippen LogP contribution in [-0.4, -0.2) is 24.7 Å². The molecule has 7 nitrogen and oxygen atoms in total. The summed E-state index contributed by atoms with van der Waals surface area (Å²) in [5.74, 6) is 0.239. The summed E-state index contributed by atoms with van der Waals surface area (Å²) in [4.78, 5) is 36.3. The highest BCUT2D eigenvalue weighted by Crippen LogP contribution is 2.07. The summed E-state index contributed by atoms with van der Waals surface area (Å²) in [6.07, 6.45) is 1.66. The Balaban J connectivity index is 2.28. The Kier molecular flexibility index (Phi) is 3.40. The second-order valence-electron chi connectivity index (χ2n) is 5.36. The summed E-state index contributed by atoms with van der Waals surface area (Å²) in [6, 6.07) is 3.30. The number of H-pyrrole nitrogens is 2. The molecule has 22 heavy (non-hydrogen) atoms. The third kappa shape index (κ3) is 2.34. The van der Waals surface area contributed by atoms with Crippen molar-refractivity contribution in [1.82, 2.24) is 24.7 Å². The Labute approximate surface area is 126 Å². The van der Waals surface area contributed by atoms with Gasteiger partial charge in [0.1, 0.15) is 11.0 Å². The number of fused-ring (bicyclic) bond motifs is 1. The molecule has 0 aliphatic carbocycles. The monoisotopic (exact) mass is 299 g/mol. The number of nitrogens with one attached hydrogen (secondary N) is 2. The van der Waals surface area contributed by atoms with Crippen LogP contribution in [0.4, 0.5) is 0 Å². The van der Waals surface area contributed by atoms with Crippen molar-refractivity contribution in [2.24, 2.45) is 0 Å². The molecule has 0 aliphatic heterocycles. The van der Waals surface area contributed by atoms with E-state index in [-0.39, 0.29) is 16.8 Å². The maximum Gasteiger partial charge on any atom is 0.287 e. The lowest BCUT2D eigenvalue weighted by Crippen LogP contribution is -2.20. The molecular weight excluding hydrogens is 282 g/mol. The third-order valence-corrected chi connectivity index (χ3v) is 3.42. The molecule has 114 valence electrons. The highest BCUT2D eigenvalue weighted by molar-refractivity contribution is 5.74. The molecule has 0 fully saturated rings. The van der Waals surface area contributed by atoms with Gasteiger partial charge in [0, 0.05) is 23.1 Å². The standard InChI is InChI=1S/C15H17N5O2/c1-4-5-10-7-11(21)12-13(18-10)19-20(14(12)22)15-16-8(2)6-9(3)17-15/h6-7H,4-5H2,1-3H3,(H2,18,19,21). The van der Waals surface area contributed by atoms with E-state index in [1.54, 1.807) is 0 Å². The Morgan fingerprint density at radius 3 is 2.45 bits per heavy atom. The minimum atomic E-state index is -0.440. The summed E-state index contributed by atoms with van der Waals surface area (Å²) < 4.78 is 1.21. The van der Waals surface area contributed by atoms with Crippen molar-refractivity contribution < 1.29 is 0 Å². The van der Waals surface area contributed by atoms with Crippen molar-refractivity contribution in [2.75, 3.05) is 0 Å². The lowest BCUT2D eigenvalue weighted by Gasteiger charge is -2.02. The van der Waals surface area contributed by atoms with E-state index in [2.05, 4.69) is 20.1 Å². The zero-order valence-electron chi connectivity index (χ0n) is 12.7. The van der Waals surface area contributed by atoms with Gasteiger partial charge >= 0.3 is 0 Å². The first-order chi connectivity index (χ1) is 10.5. The van der Waals surface area contributed by atoms with E-state index in [4.69, 9.17) is 0 Å². The van der Waals surface area contributed by atoms with Crippen molar-refractivity contribution in [3.63, 3.8) is 0 Å². The largest absolute Gasteiger partial charge is 0.343 e. The number of pyridine rings is 1. The number of rotatable bonds is 3. The highest BCUT2D eigenvalue weighted by atomic mass is 16.1. The van der Waals surface area contributed by atoms with E-state index in [9.17, 15) is 9.59 Å². The van der Waals surface area contributed by atoms with E-state index in [1.165, 1.54) is 10.7 Å². The molecule has 0 aliphatic rings. The average molecular weight is 299 g/mol. The Hall–Kier alpha value is -2.70. The number of aryl methyl sites for hydroxylation is 3. The number of hydrogen-bond donors (Lipinski definition) is 2. The van der Waals surface area contributed by atoms with Crippen LogP contribution in [0.5, 0.6) is 0 Å². The van der Waals surface area contributed by atoms with Crippen LogP contribution in [0.2, 0.25) is 0 Å². The Morgan fingerprint density at radius 2 is 1.82 bits per heavy atom. The summed E-state index contributed by atoms with van der Waals surface area (Å²) >= 11 is 0. The molecule has 0 aromatic carbocycles. The molecule has 0 saturated carbocycles. The lowest BCUT2D eigenvalue weighted by molar-refractivity contribution is 0.776. The summed E-state index contributed by atoms with van der Waals surface area (Å²) in [6.45, 7) is 5.69. The van der Waals surface area contributed by atoms with Gasteiger partial charge in [-0.3, -0.25) is 14.7 Å². The minimum Gasteiger partial charge on any atom is -0.343 e. The fourth-order valence-corrected chi connectivity index (χ4v) is 2.54. The smallest absolute Gasteiger partial charge is 0.287 e. The van der Waals surface area contributed by atoms with Crippen molar-refractivity contribution >= 4 is 11.0 Å². The summed E-state index contributed by atoms with van der Waals surface area (Å²) in [7, 11) is 0. The van der Waals surface area contributed by atoms with Gasteiger partial charge in [-0.05, 0) is 26.3 Å². The average Bonchev–Trinajstić information content (AvgIpc) is 2.75. The van der Waals surface area contributed by atoms with Gasteiger partial charge in [-0.2, -0.15) is 4.68 Å². The molecule has 3 aromatic rings. The van der Waals surface area contributed by atoms with Crippen LogP contribution in [0.1, 0.15) is 30.4 Å². The van der Waals surface area contributed by atoms with Crippen molar-refractivity contribution in [2.45, 2.75) is 33.6 Å². The molecule has 0 amide bonds. The normalized spacial score (nSPS) is 11.2. The SMILES string of the molecule is CCCc1cc(=O)c2c(=O)n(-c3nc(C)cc(C)n3)[nH]c2[nH]1. The zero-order valence-corrected chi connectivity index (χ0v) is 12.7. The van der Waals surface area contributed by atoms with Gasteiger partial charge in [-0.15, -0.1) is 0 Å². The second-order valence-corrected chi connectivity index (χ2v) is 5.36. The molecule has 0 bridgehead atoms. The maximum atomic E-state index is 12.5. The topological polar surface area (TPSA) is 96.4 Å². The molecule has 0 saturated heterocycles. The number of aromatic amines is 2. The molecule has 7 heteroatoms. The van der Waals surface area contributed by atoms with Gasteiger partial charge in [0.05, 0.1) is 0 Å². The molecule has 0 spiro atoms. The van der Waals surface area contributed by atoms with E-state index < -0.39 is 5.56 Å². The molecule has 2 N–H and O–H groups in total. The van der Waals surface area contributed by atoms with Gasteiger partial charge in [-0.1, -0.05) is 13.3 Å². The van der Waals surface area contributed by atoms with Gasteiger partial charge in [0.15, 0.2) is 5.43 Å². The molecule has 0 atom stereocenters. The van der Waals surface area contributed by atoms with E-state index in [0.717, 1.165) is 29.9 Å². The van der Waals surface area contributed by atoms with Crippen LogP contribution in [0.3, 0.4) is 0 Å². The molecule has 0 unspecified atom stereocenters. The van der Waals surface area contributed by atoms with Gasteiger partial charge in [-0.25, -0.2) is 9.97 Å². The van der Waals surface area contributed by atoms with E-state index in [1.807, 2.05) is 26.8 Å². The number of aromatic nitrogens is 5. The van der Waals surface area contributed by atoms with Crippen molar-refractivity contribution in [3.8, 4) is 5.95 Å². The minimum absolute atomic E-state index is 0.0996. The third-order valence-electron chi connectivity index (χ3n) is 3.42. The van der Waals surface area contributed by atoms with Gasteiger partial charge in [0.2, 0.25) is 0 Å². The Morgan fingerprint density at radius 1 is 1.14 bits per heavy atom. The fourth-order valence-electron chi connectivity index (χ4n) is 2.54. The fraction of sp³-hybridized carbons (Fsp3) is 0.333. The van der Waals surface area contributed by atoms with E-state index in [0.29, 0.717) is 5.65 Å². The predicted molar refractivity (Wildman–Crippen MR) is 83.6 cm³/mol. The summed E-state index contributed by atoms with van der Waals surface area (Å²) in [5.41, 5.74) is 1.99.